The van der Waals surface area contributed by atoms with Gasteiger partial charge in [-0.1, -0.05) is 11.6 Å². The summed E-state index contributed by atoms with van der Waals surface area (Å²) in [6.07, 6.45) is -2.96. The Balaban J connectivity index is 1.28. The Morgan fingerprint density at radius 1 is 1.11 bits per heavy atom. The van der Waals surface area contributed by atoms with E-state index in [1.807, 2.05) is 4.90 Å². The molecule has 0 spiro atoms. The van der Waals surface area contributed by atoms with Gasteiger partial charge in [0.05, 0.1) is 47.6 Å². The quantitative estimate of drug-likeness (QED) is 0.235. The number of nitrogen functional groups attached to an aromatic ring is 1. The van der Waals surface area contributed by atoms with Gasteiger partial charge in [0.15, 0.2) is 5.82 Å². The summed E-state index contributed by atoms with van der Waals surface area (Å²) in [5, 5.41) is -0.421. The van der Waals surface area contributed by atoms with E-state index in [1.165, 1.54) is 6.92 Å². The molecule has 17 heteroatoms. The lowest BCUT2D eigenvalue weighted by Gasteiger charge is -2.48. The molecule has 0 aliphatic carbocycles. The molecule has 4 fully saturated rings. The molecular weight excluding hydrogens is 722 g/mol. The van der Waals surface area contributed by atoms with Gasteiger partial charge in [0.25, 0.3) is 0 Å². The van der Waals surface area contributed by atoms with Crippen LogP contribution in [0.5, 0.6) is 11.9 Å². The number of fused-ring (bicyclic) bond motifs is 6. The molecule has 0 saturated carbocycles. The molecule has 3 aromatic rings. The minimum absolute atomic E-state index is 0.0449. The first-order valence-electron chi connectivity index (χ1n) is 18.0. The number of anilines is 2. The van der Waals surface area contributed by atoms with Gasteiger partial charge in [-0.2, -0.15) is 23.1 Å². The number of aromatic nitrogens is 3. The number of rotatable bonds is 4. The molecule has 2 N–H and O–H groups in total. The first-order valence-corrected chi connectivity index (χ1v) is 18.4. The number of pyridine rings is 1. The lowest BCUT2D eigenvalue weighted by Crippen LogP contribution is -2.65. The average molecular weight is 764 g/mol. The molecular formula is C36H42ClF4N7O5. The summed E-state index contributed by atoms with van der Waals surface area (Å²) in [5.41, 5.74) is 1.97. The van der Waals surface area contributed by atoms with Crippen LogP contribution in [0.4, 0.5) is 33.9 Å². The van der Waals surface area contributed by atoms with E-state index in [9.17, 15) is 18.0 Å². The molecule has 12 nitrogen and oxygen atoms in total. The first kappa shape index (κ1) is 36.1. The maximum Gasteiger partial charge on any atom is 0.417 e. The van der Waals surface area contributed by atoms with Crippen LogP contribution in [0.25, 0.3) is 22.2 Å². The van der Waals surface area contributed by atoms with Crippen LogP contribution < -0.4 is 20.1 Å². The minimum atomic E-state index is -4.93. The number of amides is 1. The molecule has 5 aliphatic rings. The largest absolute Gasteiger partial charge is 0.472 e. The number of morpholine rings is 1. The highest BCUT2D eigenvalue weighted by atomic mass is 35.5. The van der Waals surface area contributed by atoms with Gasteiger partial charge in [-0.15, -0.1) is 0 Å². The van der Waals surface area contributed by atoms with E-state index in [2.05, 4.69) is 14.9 Å². The van der Waals surface area contributed by atoms with Gasteiger partial charge in [0.2, 0.25) is 5.88 Å². The van der Waals surface area contributed by atoms with Gasteiger partial charge in [-0.05, 0) is 71.9 Å². The second kappa shape index (κ2) is 12.9. The second-order valence-corrected chi connectivity index (χ2v) is 16.0. The van der Waals surface area contributed by atoms with Crippen LogP contribution in [0.15, 0.2) is 6.07 Å². The number of hydrogen-bond acceptors (Lipinski definition) is 11. The van der Waals surface area contributed by atoms with Crippen molar-refractivity contribution in [2.24, 2.45) is 0 Å². The fraction of sp³-hybridized carbons (Fsp3) is 0.611. The number of hydrogen-bond donors (Lipinski definition) is 1. The highest BCUT2D eigenvalue weighted by Gasteiger charge is 2.54. The third-order valence-electron chi connectivity index (χ3n) is 11.1. The molecule has 4 saturated heterocycles. The van der Waals surface area contributed by atoms with Gasteiger partial charge in [-0.3, -0.25) is 9.80 Å². The normalized spacial score (nSPS) is 27.0. The van der Waals surface area contributed by atoms with E-state index < -0.39 is 57.7 Å². The summed E-state index contributed by atoms with van der Waals surface area (Å²) in [7, 11) is 0. The molecule has 2 bridgehead atoms. The third-order valence-corrected chi connectivity index (χ3v) is 11.5. The molecule has 7 heterocycles. The van der Waals surface area contributed by atoms with Crippen molar-refractivity contribution in [2.75, 3.05) is 43.5 Å². The number of nitrogens with zero attached hydrogens (tertiary/aromatic N) is 6. The Morgan fingerprint density at radius 3 is 2.60 bits per heavy atom. The number of piperazine rings is 1. The molecule has 0 radical (unpaired) electrons. The van der Waals surface area contributed by atoms with Gasteiger partial charge >= 0.3 is 18.3 Å². The zero-order valence-corrected chi connectivity index (χ0v) is 30.9. The van der Waals surface area contributed by atoms with E-state index in [0.29, 0.717) is 32.6 Å². The van der Waals surface area contributed by atoms with Gasteiger partial charge in [0.1, 0.15) is 40.7 Å². The third kappa shape index (κ3) is 6.14. The number of carbonyl (C=O) groups excluding carboxylic acids is 1. The fourth-order valence-electron chi connectivity index (χ4n) is 8.95. The number of halogens is 5. The number of aryl methyl sites for hydroxylation is 1. The molecule has 2 aromatic heterocycles. The predicted molar refractivity (Wildman–Crippen MR) is 188 cm³/mol. The van der Waals surface area contributed by atoms with E-state index in [0.717, 1.165) is 25.5 Å². The second-order valence-electron chi connectivity index (χ2n) is 15.6. The van der Waals surface area contributed by atoms with Gasteiger partial charge < -0.3 is 29.6 Å². The van der Waals surface area contributed by atoms with Crippen LogP contribution in [-0.4, -0.2) is 106 Å². The van der Waals surface area contributed by atoms with Crippen molar-refractivity contribution in [2.45, 2.75) is 108 Å². The van der Waals surface area contributed by atoms with E-state index >= 15 is 4.39 Å². The molecule has 53 heavy (non-hydrogen) atoms. The monoisotopic (exact) mass is 763 g/mol. The molecule has 8 rings (SSSR count). The average Bonchev–Trinajstić information content (AvgIpc) is 3.60. The summed E-state index contributed by atoms with van der Waals surface area (Å²) < 4.78 is 85.3. The zero-order valence-electron chi connectivity index (χ0n) is 30.1. The Labute approximate surface area is 308 Å². The molecule has 1 unspecified atom stereocenters. The van der Waals surface area contributed by atoms with Gasteiger partial charge in [-0.25, -0.2) is 14.2 Å². The van der Waals surface area contributed by atoms with Crippen molar-refractivity contribution in [3.63, 3.8) is 0 Å². The molecule has 1 aromatic carbocycles. The Kier molecular flexibility index (Phi) is 8.76. The van der Waals surface area contributed by atoms with Crippen molar-refractivity contribution in [3.8, 4) is 23.1 Å². The first-order chi connectivity index (χ1) is 25.0. The molecule has 6 atom stereocenters. The number of ether oxygens (including phenoxy) is 4. The molecule has 1 amide bonds. The lowest BCUT2D eigenvalue weighted by molar-refractivity contribution is -0.137. The maximum absolute atomic E-state index is 17.1. The van der Waals surface area contributed by atoms with Crippen LogP contribution >= 0.6 is 11.6 Å². The summed E-state index contributed by atoms with van der Waals surface area (Å²) in [6, 6.07) is 0.117. The van der Waals surface area contributed by atoms with Crippen molar-refractivity contribution in [1.29, 1.82) is 0 Å². The van der Waals surface area contributed by atoms with Crippen molar-refractivity contribution in [1.82, 2.24) is 24.8 Å². The van der Waals surface area contributed by atoms with Crippen LogP contribution in [-0.2, 0) is 15.7 Å². The lowest BCUT2D eigenvalue weighted by atomic mass is 9.96. The highest BCUT2D eigenvalue weighted by molar-refractivity contribution is 6.36. The number of alkyl halides is 3. The van der Waals surface area contributed by atoms with Crippen LogP contribution in [0, 0.1) is 12.7 Å². The van der Waals surface area contributed by atoms with Crippen LogP contribution in [0.3, 0.4) is 0 Å². The Hall–Kier alpha value is -3.89. The zero-order chi connectivity index (χ0) is 37.7. The van der Waals surface area contributed by atoms with Crippen molar-refractivity contribution in [3.05, 3.63) is 28.0 Å². The summed E-state index contributed by atoms with van der Waals surface area (Å²) >= 11 is 6.48. The van der Waals surface area contributed by atoms with Crippen molar-refractivity contribution < 1.29 is 41.3 Å². The SMILES string of the molecule is Cc1cc(N)c(Cl)c(-c2nc3c4c(nc(OC[C@@H]5CC[C@H]6COCCN65)nc4c2F)N2C[C@H]4CC[C@@H](C2[C@H](C)O3)N4C(=O)OC(C)(C)C)c1C(F)(F)F. The minimum Gasteiger partial charge on any atom is -0.472 e. The van der Waals surface area contributed by atoms with E-state index in [1.54, 1.807) is 32.6 Å². The smallest absolute Gasteiger partial charge is 0.417 e. The summed E-state index contributed by atoms with van der Waals surface area (Å²) in [4.78, 5) is 33.4. The Morgan fingerprint density at radius 2 is 1.87 bits per heavy atom. The topological polar surface area (TPSA) is 128 Å². The van der Waals surface area contributed by atoms with Crippen molar-refractivity contribution >= 4 is 40.1 Å². The summed E-state index contributed by atoms with van der Waals surface area (Å²) in [6.45, 7) is 10.9. The number of carbonyl (C=O) groups is 1. The number of nitrogens with two attached hydrogens (primary N) is 1. The predicted octanol–water partition coefficient (Wildman–Crippen LogP) is 6.37. The maximum atomic E-state index is 17.1. The highest BCUT2D eigenvalue weighted by Crippen LogP contribution is 2.50. The number of benzene rings is 1. The fourth-order valence-corrected chi connectivity index (χ4v) is 9.19. The van der Waals surface area contributed by atoms with Crippen LogP contribution in [0.1, 0.15) is 64.5 Å². The molecule has 5 aliphatic heterocycles. The standard InChI is InChI=1S/C36H42ClF4N7O5/c1-16-12-21(42)26(37)23(25(16)36(39,40)41)28-27(38)29-24-31(45-33(44-29)51-15-20-7-6-19-14-50-11-10-46(19)20)47-13-18-8-9-22(30(47)17(2)52-32(24)43-28)48(18)34(49)53-35(3,4)5/h12,17-20,22,30H,6-11,13-15,42H2,1-5H3/t17-,18+,19-,20-,22-,30?/m0/s1. The van der Waals surface area contributed by atoms with Gasteiger partial charge in [0, 0.05) is 30.7 Å². The summed E-state index contributed by atoms with van der Waals surface area (Å²) in [5.74, 6) is -1.07. The Bertz CT molecular complexity index is 1980. The van der Waals surface area contributed by atoms with Crippen LogP contribution in [0.2, 0.25) is 5.02 Å². The van der Waals surface area contributed by atoms with E-state index in [-0.39, 0.29) is 70.6 Å². The molecule has 286 valence electrons. The van der Waals surface area contributed by atoms with E-state index in [4.69, 9.17) is 41.3 Å².